The van der Waals surface area contributed by atoms with Gasteiger partial charge in [-0.05, 0) is 50.2 Å². The number of carbonyl (C=O) groups is 2. The Morgan fingerprint density at radius 2 is 1.78 bits per heavy atom. The molecule has 166 valence electrons. The Labute approximate surface area is 185 Å². The van der Waals surface area contributed by atoms with E-state index in [1.807, 2.05) is 18.2 Å². The first kappa shape index (κ1) is 22.6. The highest BCUT2D eigenvalue weighted by molar-refractivity contribution is 5.97. The Morgan fingerprint density at radius 1 is 1.12 bits per heavy atom. The quantitative estimate of drug-likeness (QED) is 0.433. The molecule has 0 fully saturated rings. The molecule has 1 heterocycles. The summed E-state index contributed by atoms with van der Waals surface area (Å²) in [5.41, 5.74) is 1.27. The van der Waals surface area contributed by atoms with Crippen LogP contribution in [-0.2, 0) is 16.6 Å². The molecule has 8 heteroatoms. The van der Waals surface area contributed by atoms with Crippen LogP contribution in [0, 0.1) is 6.92 Å². The Balaban J connectivity index is 1.70. The van der Waals surface area contributed by atoms with Crippen molar-refractivity contribution in [2.24, 2.45) is 7.05 Å². The topological polar surface area (TPSA) is 91.6 Å². The van der Waals surface area contributed by atoms with Crippen LogP contribution >= 0.6 is 0 Å². The third-order valence-electron chi connectivity index (χ3n) is 4.91. The van der Waals surface area contributed by atoms with Crippen molar-refractivity contribution in [3.8, 4) is 11.4 Å². The highest BCUT2D eigenvalue weighted by atomic mass is 16.5. The fourth-order valence-electron chi connectivity index (χ4n) is 3.06. The Morgan fingerprint density at radius 3 is 2.41 bits per heavy atom. The molecule has 0 radical (unpaired) electrons. The number of hydrogen-bond acceptors (Lipinski definition) is 5. The number of esters is 1. The first-order chi connectivity index (χ1) is 15.3. The predicted molar refractivity (Wildman–Crippen MR) is 121 cm³/mol. The van der Waals surface area contributed by atoms with Gasteiger partial charge in [0.05, 0.1) is 16.9 Å². The third-order valence-corrected chi connectivity index (χ3v) is 4.91. The van der Waals surface area contributed by atoms with E-state index < -0.39 is 18.0 Å². The molecule has 0 aliphatic heterocycles. The molecule has 3 aromatic rings. The van der Waals surface area contributed by atoms with Gasteiger partial charge in [-0.25, -0.2) is 9.48 Å². The minimum atomic E-state index is -1.11. The number of rotatable bonds is 8. The monoisotopic (exact) mass is 435 g/mol. The van der Waals surface area contributed by atoms with Crippen molar-refractivity contribution in [1.82, 2.24) is 9.36 Å². The lowest BCUT2D eigenvalue weighted by atomic mass is 10.2. The van der Waals surface area contributed by atoms with Gasteiger partial charge in [-0.1, -0.05) is 30.9 Å². The maximum Gasteiger partial charge on any atom is 0.338 e. The first-order valence-corrected chi connectivity index (χ1v) is 10.0. The van der Waals surface area contributed by atoms with Crippen molar-refractivity contribution >= 4 is 17.6 Å². The Kier molecular flexibility index (Phi) is 6.94. The van der Waals surface area contributed by atoms with Gasteiger partial charge in [0.1, 0.15) is 18.0 Å². The van der Waals surface area contributed by atoms with E-state index >= 15 is 0 Å². The highest BCUT2D eigenvalue weighted by Gasteiger charge is 2.23. The average Bonchev–Trinajstić information content (AvgIpc) is 3.01. The molecule has 32 heavy (non-hydrogen) atoms. The van der Waals surface area contributed by atoms with Crippen LogP contribution in [0.15, 0.2) is 72.0 Å². The lowest BCUT2D eigenvalue weighted by molar-refractivity contribution is -0.123. The minimum absolute atomic E-state index is 0.132. The molecule has 2 aromatic carbocycles. The number of nitrogens with one attached hydrogen (secondary N) is 1. The number of benzene rings is 2. The molecule has 0 saturated heterocycles. The van der Waals surface area contributed by atoms with Crippen molar-refractivity contribution in [3.05, 3.63) is 88.9 Å². The van der Waals surface area contributed by atoms with E-state index in [0.717, 1.165) is 0 Å². The minimum Gasteiger partial charge on any atom is -0.490 e. The van der Waals surface area contributed by atoms with Crippen molar-refractivity contribution in [2.75, 3.05) is 11.9 Å². The molecular formula is C24H25N3O5. The van der Waals surface area contributed by atoms with E-state index in [-0.39, 0.29) is 16.8 Å². The molecule has 0 aliphatic rings. The molecule has 1 aromatic heterocycles. The smallest absolute Gasteiger partial charge is 0.338 e. The largest absolute Gasteiger partial charge is 0.490 e. The van der Waals surface area contributed by atoms with Crippen LogP contribution in [0.5, 0.6) is 5.75 Å². The Hall–Kier alpha value is -4.07. The number of carbonyl (C=O) groups excluding carboxylic acids is 2. The number of hydrogen-bond donors (Lipinski definition) is 1. The van der Waals surface area contributed by atoms with Gasteiger partial charge in [-0.3, -0.25) is 14.3 Å². The molecule has 0 aliphatic carbocycles. The molecule has 3 rings (SSSR count). The number of anilines is 1. The van der Waals surface area contributed by atoms with E-state index in [0.29, 0.717) is 23.7 Å². The molecule has 1 amide bonds. The number of para-hydroxylation sites is 1. The summed E-state index contributed by atoms with van der Waals surface area (Å²) in [6.07, 6.45) is 0.509. The fourth-order valence-corrected chi connectivity index (χ4v) is 3.06. The van der Waals surface area contributed by atoms with Gasteiger partial charge in [0.2, 0.25) is 0 Å². The van der Waals surface area contributed by atoms with Crippen LogP contribution in [-0.4, -0.2) is 34.0 Å². The summed E-state index contributed by atoms with van der Waals surface area (Å²) in [4.78, 5) is 37.9. The first-order valence-electron chi connectivity index (χ1n) is 10.0. The molecular weight excluding hydrogens is 410 g/mol. The maximum atomic E-state index is 12.9. The molecule has 0 bridgehead atoms. The van der Waals surface area contributed by atoms with Crippen molar-refractivity contribution < 1.29 is 19.1 Å². The van der Waals surface area contributed by atoms with Gasteiger partial charge in [0, 0.05) is 7.05 Å². The lowest BCUT2D eigenvalue weighted by Crippen LogP contribution is -2.32. The summed E-state index contributed by atoms with van der Waals surface area (Å²) >= 11 is 0. The van der Waals surface area contributed by atoms with Gasteiger partial charge < -0.3 is 14.8 Å². The van der Waals surface area contributed by atoms with Crippen molar-refractivity contribution in [3.63, 3.8) is 0 Å². The molecule has 0 spiro atoms. The molecule has 0 saturated carbocycles. The molecule has 8 nitrogen and oxygen atoms in total. The molecule has 1 unspecified atom stereocenters. The van der Waals surface area contributed by atoms with Crippen LogP contribution in [0.3, 0.4) is 0 Å². The van der Waals surface area contributed by atoms with Crippen LogP contribution in [0.4, 0.5) is 5.69 Å². The number of ether oxygens (including phenoxy) is 2. The number of amides is 1. The van der Waals surface area contributed by atoms with E-state index in [1.165, 1.54) is 11.6 Å². The summed E-state index contributed by atoms with van der Waals surface area (Å²) in [7, 11) is 1.73. The second-order valence-corrected chi connectivity index (χ2v) is 7.10. The van der Waals surface area contributed by atoms with Crippen molar-refractivity contribution in [1.29, 1.82) is 0 Å². The van der Waals surface area contributed by atoms with E-state index in [4.69, 9.17) is 9.47 Å². The summed E-state index contributed by atoms with van der Waals surface area (Å²) in [6.45, 7) is 7.10. The maximum absolute atomic E-state index is 12.9. The van der Waals surface area contributed by atoms with Crippen molar-refractivity contribution in [2.45, 2.75) is 20.0 Å². The molecule has 1 atom stereocenters. The van der Waals surface area contributed by atoms with E-state index in [1.54, 1.807) is 61.1 Å². The van der Waals surface area contributed by atoms with Gasteiger partial charge in [-0.2, -0.15) is 0 Å². The summed E-state index contributed by atoms with van der Waals surface area (Å²) in [5.74, 6) is -0.675. The van der Waals surface area contributed by atoms with Crippen LogP contribution < -0.4 is 15.6 Å². The second-order valence-electron chi connectivity index (χ2n) is 7.10. The number of aromatic nitrogens is 2. The van der Waals surface area contributed by atoms with Gasteiger partial charge in [0.25, 0.3) is 11.5 Å². The van der Waals surface area contributed by atoms with Crippen LogP contribution in [0.2, 0.25) is 0 Å². The SMILES string of the molecule is C=CCOc1ccc(C(=O)OC(C)C(=O)Nc2c(C)n(C)n(-c3ccccc3)c2=O)cc1. The fraction of sp³-hybridized carbons (Fsp3) is 0.208. The zero-order valence-corrected chi connectivity index (χ0v) is 18.2. The summed E-state index contributed by atoms with van der Waals surface area (Å²) < 4.78 is 13.8. The number of nitrogens with zero attached hydrogens (tertiary/aromatic N) is 2. The Bertz CT molecular complexity index is 1180. The lowest BCUT2D eigenvalue weighted by Gasteiger charge is -2.13. The normalized spacial score (nSPS) is 11.5. The van der Waals surface area contributed by atoms with Crippen LogP contribution in [0.1, 0.15) is 23.0 Å². The van der Waals surface area contributed by atoms with Gasteiger partial charge >= 0.3 is 5.97 Å². The van der Waals surface area contributed by atoms with E-state index in [9.17, 15) is 14.4 Å². The standard InChI is InChI=1S/C24H25N3O5/c1-5-15-31-20-13-11-18(12-14-20)24(30)32-17(3)22(28)25-21-16(2)26(4)27(23(21)29)19-9-7-6-8-10-19/h5-14,17H,1,15H2,2-4H3,(H,25,28). The average molecular weight is 435 g/mol. The summed E-state index contributed by atoms with van der Waals surface area (Å²) in [6, 6.07) is 15.4. The predicted octanol–water partition coefficient (Wildman–Crippen LogP) is 3.23. The van der Waals surface area contributed by atoms with Gasteiger partial charge in [0.15, 0.2) is 6.10 Å². The molecule has 1 N–H and O–H groups in total. The second kappa shape index (κ2) is 9.82. The highest BCUT2D eigenvalue weighted by Crippen LogP contribution is 2.16. The van der Waals surface area contributed by atoms with E-state index in [2.05, 4.69) is 11.9 Å². The van der Waals surface area contributed by atoms with Gasteiger partial charge in [-0.15, -0.1) is 0 Å². The zero-order chi connectivity index (χ0) is 23.3. The zero-order valence-electron chi connectivity index (χ0n) is 18.2. The summed E-state index contributed by atoms with van der Waals surface area (Å²) in [5, 5.41) is 2.60. The van der Waals surface area contributed by atoms with Crippen LogP contribution in [0.25, 0.3) is 5.69 Å². The third kappa shape index (κ3) is 4.80.